The average Bonchev–Trinajstić information content (AvgIpc) is 2.46. The van der Waals surface area contributed by atoms with Crippen molar-refractivity contribution < 1.29 is 9.90 Å². The van der Waals surface area contributed by atoms with Crippen LogP contribution in [0.25, 0.3) is 0 Å². The molecule has 19 heavy (non-hydrogen) atoms. The van der Waals surface area contributed by atoms with Gasteiger partial charge in [-0.25, -0.2) is 0 Å². The van der Waals surface area contributed by atoms with Gasteiger partial charge in [0.25, 0.3) is 0 Å². The lowest BCUT2D eigenvalue weighted by molar-refractivity contribution is -0.133. The first kappa shape index (κ1) is 12.8. The monoisotopic (exact) mass is 275 g/mol. The summed E-state index contributed by atoms with van der Waals surface area (Å²) in [5.41, 5.74) is 0. The van der Waals surface area contributed by atoms with Crippen molar-refractivity contribution in [3.05, 3.63) is 41.3 Å². The van der Waals surface area contributed by atoms with Crippen molar-refractivity contribution in [3.8, 4) is 0 Å². The van der Waals surface area contributed by atoms with E-state index in [1.807, 2.05) is 35.2 Å². The Kier molecular flexibility index (Phi) is 3.62. The number of rotatable bonds is 2. The standard InChI is InChI=1S/C15H17NO2S/c17-14-10-13(19-11-6-2-1-3-7-11)15(18)12-8-4-5-9-16(12)14/h1-3,6-7,10,12,15,18H,4-5,8-9H2/t12-,15-/m0/s1. The van der Waals surface area contributed by atoms with Gasteiger partial charge in [-0.05, 0) is 31.4 Å². The quantitative estimate of drug-likeness (QED) is 0.901. The van der Waals surface area contributed by atoms with Gasteiger partial charge in [0.2, 0.25) is 5.91 Å². The predicted molar refractivity (Wildman–Crippen MR) is 75.7 cm³/mol. The summed E-state index contributed by atoms with van der Waals surface area (Å²) in [6.07, 6.45) is 4.10. The van der Waals surface area contributed by atoms with Crippen LogP contribution in [0.15, 0.2) is 46.2 Å². The minimum absolute atomic E-state index is 0.0301. The summed E-state index contributed by atoms with van der Waals surface area (Å²) in [5.74, 6) is 0.0495. The number of carbonyl (C=O) groups excluding carboxylic acids is 1. The molecule has 0 aromatic heterocycles. The molecular formula is C15H17NO2S. The van der Waals surface area contributed by atoms with Crippen LogP contribution in [-0.4, -0.2) is 34.6 Å². The van der Waals surface area contributed by atoms with E-state index < -0.39 is 6.10 Å². The molecule has 1 amide bonds. The number of piperidine rings is 1. The Morgan fingerprint density at radius 2 is 2.00 bits per heavy atom. The highest BCUT2D eigenvalue weighted by Crippen LogP contribution is 2.36. The molecule has 1 saturated heterocycles. The summed E-state index contributed by atoms with van der Waals surface area (Å²) in [6, 6.07) is 9.85. The third-order valence-corrected chi connectivity index (χ3v) is 4.84. The fraction of sp³-hybridized carbons (Fsp3) is 0.400. The number of hydrogen-bond acceptors (Lipinski definition) is 3. The molecule has 2 aliphatic heterocycles. The molecule has 1 aromatic rings. The molecule has 2 atom stereocenters. The molecule has 2 aliphatic rings. The highest BCUT2D eigenvalue weighted by Gasteiger charge is 2.37. The second-order valence-electron chi connectivity index (χ2n) is 5.00. The zero-order chi connectivity index (χ0) is 13.2. The van der Waals surface area contributed by atoms with E-state index in [0.29, 0.717) is 0 Å². The minimum atomic E-state index is -0.539. The summed E-state index contributed by atoms with van der Waals surface area (Å²) in [4.78, 5) is 15.8. The van der Waals surface area contributed by atoms with Crippen LogP contribution in [0.4, 0.5) is 0 Å². The summed E-state index contributed by atoms with van der Waals surface area (Å²) < 4.78 is 0. The lowest BCUT2D eigenvalue weighted by Crippen LogP contribution is -2.52. The van der Waals surface area contributed by atoms with Crippen molar-refractivity contribution in [1.82, 2.24) is 4.90 Å². The Balaban J connectivity index is 1.83. The van der Waals surface area contributed by atoms with Gasteiger partial charge >= 0.3 is 0 Å². The molecule has 1 N–H and O–H groups in total. The topological polar surface area (TPSA) is 40.5 Å². The molecule has 0 aliphatic carbocycles. The Labute approximate surface area is 117 Å². The Bertz CT molecular complexity index is 500. The Morgan fingerprint density at radius 3 is 2.79 bits per heavy atom. The number of fused-ring (bicyclic) bond motifs is 1. The number of thioether (sulfide) groups is 1. The first-order chi connectivity index (χ1) is 9.25. The van der Waals surface area contributed by atoms with Gasteiger partial charge in [0.05, 0.1) is 6.04 Å². The SMILES string of the molecule is O=C1C=C(Sc2ccccc2)[C@@H](O)[C@@H]2CCCCN12. The highest BCUT2D eigenvalue weighted by atomic mass is 32.2. The predicted octanol–water partition coefficient (Wildman–Crippen LogP) is 2.42. The third-order valence-electron chi connectivity index (χ3n) is 3.73. The van der Waals surface area contributed by atoms with Crippen LogP contribution in [0, 0.1) is 0 Å². The van der Waals surface area contributed by atoms with Crippen LogP contribution >= 0.6 is 11.8 Å². The van der Waals surface area contributed by atoms with Gasteiger partial charge in [-0.3, -0.25) is 4.79 Å². The van der Waals surface area contributed by atoms with Crippen LogP contribution in [-0.2, 0) is 4.79 Å². The van der Waals surface area contributed by atoms with Crippen LogP contribution in [0.3, 0.4) is 0 Å². The van der Waals surface area contributed by atoms with E-state index in [4.69, 9.17) is 0 Å². The molecule has 1 fully saturated rings. The van der Waals surface area contributed by atoms with Crippen LogP contribution < -0.4 is 0 Å². The molecule has 1 aromatic carbocycles. The van der Waals surface area contributed by atoms with E-state index in [2.05, 4.69) is 0 Å². The van der Waals surface area contributed by atoms with Gasteiger partial charge in [-0.1, -0.05) is 30.0 Å². The van der Waals surface area contributed by atoms with E-state index in [-0.39, 0.29) is 11.9 Å². The van der Waals surface area contributed by atoms with Gasteiger partial charge in [0.1, 0.15) is 6.10 Å². The number of nitrogens with zero attached hydrogens (tertiary/aromatic N) is 1. The molecule has 4 heteroatoms. The number of aliphatic hydroxyl groups excluding tert-OH is 1. The summed E-state index contributed by atoms with van der Waals surface area (Å²) in [5, 5.41) is 10.5. The molecule has 3 nitrogen and oxygen atoms in total. The summed E-state index contributed by atoms with van der Waals surface area (Å²) in [6.45, 7) is 0.778. The molecule has 3 rings (SSSR count). The van der Waals surface area contributed by atoms with Crippen molar-refractivity contribution in [2.75, 3.05) is 6.54 Å². The second-order valence-corrected chi connectivity index (χ2v) is 6.15. The molecule has 2 heterocycles. The fourth-order valence-electron chi connectivity index (χ4n) is 2.75. The first-order valence-electron chi connectivity index (χ1n) is 6.69. The average molecular weight is 275 g/mol. The molecule has 0 radical (unpaired) electrons. The second kappa shape index (κ2) is 5.39. The number of aliphatic hydroxyl groups is 1. The van der Waals surface area contributed by atoms with Gasteiger partial charge in [-0.15, -0.1) is 0 Å². The Hall–Kier alpha value is -1.26. The maximum absolute atomic E-state index is 12.1. The van der Waals surface area contributed by atoms with Gasteiger partial charge in [0.15, 0.2) is 0 Å². The Morgan fingerprint density at radius 1 is 1.21 bits per heavy atom. The molecular weight excluding hydrogens is 258 g/mol. The third kappa shape index (κ3) is 2.55. The van der Waals surface area contributed by atoms with Gasteiger partial charge in [-0.2, -0.15) is 0 Å². The van der Waals surface area contributed by atoms with Gasteiger partial charge in [0, 0.05) is 22.4 Å². The summed E-state index contributed by atoms with van der Waals surface area (Å²) >= 11 is 1.50. The van der Waals surface area contributed by atoms with Crippen LogP contribution in [0.2, 0.25) is 0 Å². The zero-order valence-electron chi connectivity index (χ0n) is 10.7. The number of hydrogen-bond donors (Lipinski definition) is 1. The smallest absolute Gasteiger partial charge is 0.247 e. The lowest BCUT2D eigenvalue weighted by atomic mass is 9.94. The van der Waals surface area contributed by atoms with Crippen LogP contribution in [0.1, 0.15) is 19.3 Å². The van der Waals surface area contributed by atoms with E-state index in [9.17, 15) is 9.90 Å². The van der Waals surface area contributed by atoms with Crippen molar-refractivity contribution in [1.29, 1.82) is 0 Å². The highest BCUT2D eigenvalue weighted by molar-refractivity contribution is 8.03. The minimum Gasteiger partial charge on any atom is -0.386 e. The zero-order valence-corrected chi connectivity index (χ0v) is 11.5. The molecule has 0 bridgehead atoms. The van der Waals surface area contributed by atoms with E-state index in [1.165, 1.54) is 11.8 Å². The molecule has 0 unspecified atom stereocenters. The van der Waals surface area contributed by atoms with Gasteiger partial charge < -0.3 is 10.0 Å². The molecule has 0 spiro atoms. The van der Waals surface area contributed by atoms with Crippen molar-refractivity contribution in [2.24, 2.45) is 0 Å². The number of benzene rings is 1. The molecule has 0 saturated carbocycles. The van der Waals surface area contributed by atoms with Crippen LogP contribution in [0.5, 0.6) is 0 Å². The number of amides is 1. The maximum atomic E-state index is 12.1. The lowest BCUT2D eigenvalue weighted by Gasteiger charge is -2.41. The van der Waals surface area contributed by atoms with E-state index >= 15 is 0 Å². The number of carbonyl (C=O) groups is 1. The fourth-order valence-corrected chi connectivity index (χ4v) is 3.76. The molecule has 100 valence electrons. The summed E-state index contributed by atoms with van der Waals surface area (Å²) in [7, 11) is 0. The van der Waals surface area contributed by atoms with Crippen molar-refractivity contribution >= 4 is 17.7 Å². The van der Waals surface area contributed by atoms with E-state index in [1.54, 1.807) is 6.08 Å². The normalized spacial score (nSPS) is 26.9. The van der Waals surface area contributed by atoms with E-state index in [0.717, 1.165) is 35.6 Å². The van der Waals surface area contributed by atoms with Crippen molar-refractivity contribution in [2.45, 2.75) is 36.3 Å². The largest absolute Gasteiger partial charge is 0.386 e. The first-order valence-corrected chi connectivity index (χ1v) is 7.50. The maximum Gasteiger partial charge on any atom is 0.247 e. The van der Waals surface area contributed by atoms with Crippen molar-refractivity contribution in [3.63, 3.8) is 0 Å².